The molecule has 0 bridgehead atoms. The first kappa shape index (κ1) is 18.6. The summed E-state index contributed by atoms with van der Waals surface area (Å²) in [5, 5.41) is 9.95. The fraction of sp³-hybridized carbons (Fsp3) is 0.474. The average Bonchev–Trinajstić information content (AvgIpc) is 2.92. The second kappa shape index (κ2) is 7.90. The molecule has 0 unspecified atom stereocenters. The highest BCUT2D eigenvalue weighted by atomic mass is 32.1. The van der Waals surface area contributed by atoms with Crippen molar-refractivity contribution in [3.8, 4) is 0 Å². The zero-order valence-corrected chi connectivity index (χ0v) is 15.2. The van der Waals surface area contributed by atoms with Gasteiger partial charge < -0.3 is 9.84 Å². The second-order valence-electron chi connectivity index (χ2n) is 6.82. The number of benzene rings is 1. The summed E-state index contributed by atoms with van der Waals surface area (Å²) in [6, 6.07) is 7.99. The van der Waals surface area contributed by atoms with Crippen molar-refractivity contribution in [3.05, 3.63) is 34.7 Å². The van der Waals surface area contributed by atoms with Crippen molar-refractivity contribution in [2.75, 3.05) is 6.61 Å². The van der Waals surface area contributed by atoms with Gasteiger partial charge in [0.2, 0.25) is 0 Å². The predicted molar refractivity (Wildman–Crippen MR) is 96.6 cm³/mol. The minimum atomic E-state index is -0.525. The predicted octanol–water partition coefficient (Wildman–Crippen LogP) is 4.13. The molecule has 0 amide bonds. The average molecular weight is 348 g/mol. The van der Waals surface area contributed by atoms with E-state index < -0.39 is 5.60 Å². The first-order chi connectivity index (χ1) is 11.3. The molecule has 0 radical (unpaired) electrons. The number of ketones is 1. The van der Waals surface area contributed by atoms with Crippen molar-refractivity contribution in [1.82, 2.24) is 0 Å². The summed E-state index contributed by atoms with van der Waals surface area (Å²) in [6.07, 6.45) is 1.83. The highest BCUT2D eigenvalue weighted by Gasteiger charge is 2.18. The van der Waals surface area contributed by atoms with Crippen LogP contribution >= 0.6 is 11.3 Å². The number of hydrogen-bond acceptors (Lipinski definition) is 5. The largest absolute Gasteiger partial charge is 0.460 e. The summed E-state index contributed by atoms with van der Waals surface area (Å²) in [7, 11) is 0. The third kappa shape index (κ3) is 5.42. The van der Waals surface area contributed by atoms with Gasteiger partial charge in [-0.3, -0.25) is 9.59 Å². The SMILES string of the molecule is CC(C)(C)OC(=O)CCC(=O)c1cc2cc(CCCO)ccc2s1. The van der Waals surface area contributed by atoms with Gasteiger partial charge in [-0.15, -0.1) is 11.3 Å². The van der Waals surface area contributed by atoms with E-state index in [0.717, 1.165) is 28.5 Å². The number of ether oxygens (including phenoxy) is 1. The number of thiophene rings is 1. The number of fused-ring (bicyclic) bond motifs is 1. The normalized spacial score (nSPS) is 11.7. The number of carbonyl (C=O) groups excluding carboxylic acids is 2. The highest BCUT2D eigenvalue weighted by molar-refractivity contribution is 7.20. The smallest absolute Gasteiger partial charge is 0.306 e. The number of rotatable bonds is 7. The molecule has 0 aliphatic carbocycles. The van der Waals surface area contributed by atoms with Crippen LogP contribution in [0.2, 0.25) is 0 Å². The Labute approximate surface area is 146 Å². The van der Waals surface area contributed by atoms with Crippen LogP contribution in [-0.2, 0) is 16.0 Å². The molecule has 1 aromatic carbocycles. The number of aliphatic hydroxyl groups excluding tert-OH is 1. The fourth-order valence-electron chi connectivity index (χ4n) is 2.40. The lowest BCUT2D eigenvalue weighted by Crippen LogP contribution is -2.24. The van der Waals surface area contributed by atoms with Gasteiger partial charge in [-0.2, -0.15) is 0 Å². The number of Topliss-reactive ketones (excluding diaryl/α,β-unsaturated/α-hetero) is 1. The quantitative estimate of drug-likeness (QED) is 0.603. The standard InChI is InChI=1S/C19H24O4S/c1-19(2,3)23-18(22)9-7-15(21)17-12-14-11-13(5-4-10-20)6-8-16(14)24-17/h6,8,11-12,20H,4-5,7,9-10H2,1-3H3. The molecule has 0 atom stereocenters. The van der Waals surface area contributed by atoms with E-state index in [1.807, 2.05) is 39.0 Å². The molecule has 4 nitrogen and oxygen atoms in total. The van der Waals surface area contributed by atoms with Gasteiger partial charge in [-0.25, -0.2) is 0 Å². The second-order valence-corrected chi connectivity index (χ2v) is 7.90. The molecule has 1 aromatic heterocycles. The summed E-state index contributed by atoms with van der Waals surface area (Å²) in [4.78, 5) is 24.7. The van der Waals surface area contributed by atoms with Crippen LogP contribution in [0.25, 0.3) is 10.1 Å². The van der Waals surface area contributed by atoms with E-state index >= 15 is 0 Å². The van der Waals surface area contributed by atoms with Gasteiger partial charge in [0.15, 0.2) is 5.78 Å². The van der Waals surface area contributed by atoms with Crippen LogP contribution in [0, 0.1) is 0 Å². The Hall–Kier alpha value is -1.72. The molecule has 130 valence electrons. The highest BCUT2D eigenvalue weighted by Crippen LogP contribution is 2.28. The lowest BCUT2D eigenvalue weighted by Gasteiger charge is -2.19. The van der Waals surface area contributed by atoms with Crippen molar-refractivity contribution in [1.29, 1.82) is 0 Å². The molecular weight excluding hydrogens is 324 g/mol. The van der Waals surface area contributed by atoms with Crippen LogP contribution in [0.15, 0.2) is 24.3 Å². The van der Waals surface area contributed by atoms with E-state index in [0.29, 0.717) is 4.88 Å². The van der Waals surface area contributed by atoms with Gasteiger partial charge in [0.1, 0.15) is 5.60 Å². The van der Waals surface area contributed by atoms with Crippen molar-refractivity contribution < 1.29 is 19.4 Å². The maximum atomic E-state index is 12.3. The van der Waals surface area contributed by atoms with Crippen LogP contribution in [0.5, 0.6) is 0 Å². The molecule has 5 heteroatoms. The number of aliphatic hydroxyl groups is 1. The molecule has 0 fully saturated rings. The Morgan fingerprint density at radius 1 is 1.17 bits per heavy atom. The van der Waals surface area contributed by atoms with Crippen LogP contribution < -0.4 is 0 Å². The van der Waals surface area contributed by atoms with Gasteiger partial charge in [0.25, 0.3) is 0 Å². The van der Waals surface area contributed by atoms with Gasteiger partial charge in [0.05, 0.1) is 11.3 Å². The van der Waals surface area contributed by atoms with E-state index in [4.69, 9.17) is 9.84 Å². The summed E-state index contributed by atoms with van der Waals surface area (Å²) in [6.45, 7) is 5.61. The Morgan fingerprint density at radius 3 is 2.58 bits per heavy atom. The first-order valence-corrected chi connectivity index (χ1v) is 8.98. The van der Waals surface area contributed by atoms with Crippen molar-refractivity contribution in [2.45, 2.75) is 52.1 Å². The van der Waals surface area contributed by atoms with E-state index in [9.17, 15) is 9.59 Å². The lowest BCUT2D eigenvalue weighted by atomic mass is 10.1. The Morgan fingerprint density at radius 2 is 1.92 bits per heavy atom. The van der Waals surface area contributed by atoms with Crippen LogP contribution in [0.4, 0.5) is 0 Å². The lowest BCUT2D eigenvalue weighted by molar-refractivity contribution is -0.154. The molecule has 0 aliphatic rings. The molecule has 1 N–H and O–H groups in total. The molecule has 24 heavy (non-hydrogen) atoms. The van der Waals surface area contributed by atoms with E-state index in [-0.39, 0.29) is 31.2 Å². The minimum absolute atomic E-state index is 0.0287. The summed E-state index contributed by atoms with van der Waals surface area (Å²) in [5.74, 6) is -0.373. The molecule has 0 spiro atoms. The maximum absolute atomic E-state index is 12.3. The fourth-order valence-corrected chi connectivity index (χ4v) is 3.41. The number of esters is 1. The molecule has 0 saturated heterocycles. The van der Waals surface area contributed by atoms with Crippen LogP contribution in [0.3, 0.4) is 0 Å². The molecule has 0 aliphatic heterocycles. The molecule has 2 rings (SSSR count). The third-order valence-corrected chi connectivity index (χ3v) is 4.61. The molecule has 2 aromatic rings. The summed E-state index contributed by atoms with van der Waals surface area (Å²) < 4.78 is 6.29. The summed E-state index contributed by atoms with van der Waals surface area (Å²) >= 11 is 1.45. The maximum Gasteiger partial charge on any atom is 0.306 e. The topological polar surface area (TPSA) is 63.6 Å². The minimum Gasteiger partial charge on any atom is -0.460 e. The zero-order chi connectivity index (χ0) is 17.7. The summed E-state index contributed by atoms with van der Waals surface area (Å²) in [5.41, 5.74) is 0.630. The first-order valence-electron chi connectivity index (χ1n) is 8.17. The Kier molecular flexibility index (Phi) is 6.13. The molecule has 0 saturated carbocycles. The van der Waals surface area contributed by atoms with Crippen LogP contribution in [0.1, 0.15) is 55.3 Å². The third-order valence-electron chi connectivity index (χ3n) is 3.46. The van der Waals surface area contributed by atoms with Gasteiger partial charge in [-0.1, -0.05) is 12.1 Å². The van der Waals surface area contributed by atoms with Crippen LogP contribution in [-0.4, -0.2) is 29.1 Å². The van der Waals surface area contributed by atoms with Crippen molar-refractivity contribution in [2.24, 2.45) is 0 Å². The van der Waals surface area contributed by atoms with Gasteiger partial charge in [-0.05, 0) is 56.7 Å². The number of aryl methyl sites for hydroxylation is 1. The van der Waals surface area contributed by atoms with E-state index in [1.54, 1.807) is 0 Å². The van der Waals surface area contributed by atoms with Crippen molar-refractivity contribution in [3.63, 3.8) is 0 Å². The number of hydrogen-bond donors (Lipinski definition) is 1. The number of carbonyl (C=O) groups is 2. The monoisotopic (exact) mass is 348 g/mol. The van der Waals surface area contributed by atoms with E-state index in [1.165, 1.54) is 11.3 Å². The van der Waals surface area contributed by atoms with Gasteiger partial charge >= 0.3 is 5.97 Å². The Balaban J connectivity index is 2.00. The zero-order valence-electron chi connectivity index (χ0n) is 14.4. The van der Waals surface area contributed by atoms with Gasteiger partial charge in [0, 0.05) is 17.7 Å². The Bertz CT molecular complexity index is 725. The van der Waals surface area contributed by atoms with Crippen molar-refractivity contribution >= 4 is 33.2 Å². The molecule has 1 heterocycles. The van der Waals surface area contributed by atoms with E-state index in [2.05, 4.69) is 6.07 Å². The molecular formula is C19H24O4S.